The Hall–Kier alpha value is -3.58. The highest BCUT2D eigenvalue weighted by molar-refractivity contribution is 6.31. The van der Waals surface area contributed by atoms with Gasteiger partial charge in [-0.2, -0.15) is 5.10 Å². The number of nitrogens with zero attached hydrogens (tertiary/aromatic N) is 3. The van der Waals surface area contributed by atoms with Crippen molar-refractivity contribution in [1.82, 2.24) is 15.4 Å². The zero-order valence-electron chi connectivity index (χ0n) is 13.8. The van der Waals surface area contributed by atoms with Crippen LogP contribution in [-0.4, -0.2) is 32.7 Å². The van der Waals surface area contributed by atoms with Crippen molar-refractivity contribution >= 4 is 29.2 Å². The lowest BCUT2D eigenvalue weighted by Gasteiger charge is -2.07. The van der Waals surface area contributed by atoms with Crippen LogP contribution < -0.4 is 5.43 Å². The van der Waals surface area contributed by atoms with Crippen molar-refractivity contribution in [2.75, 3.05) is 0 Å². The molecule has 0 unspecified atom stereocenters. The first-order valence-electron chi connectivity index (χ1n) is 7.80. The molecule has 2 heterocycles. The maximum atomic E-state index is 12.4. The van der Waals surface area contributed by atoms with Gasteiger partial charge in [-0.15, -0.1) is 0 Å². The van der Waals surface area contributed by atoms with Gasteiger partial charge in [-0.05, 0) is 24.3 Å². The van der Waals surface area contributed by atoms with Gasteiger partial charge in [0.1, 0.15) is 11.4 Å². The minimum atomic E-state index is -1.28. The summed E-state index contributed by atoms with van der Waals surface area (Å²) in [6.45, 7) is 0. The molecule has 3 aromatic rings. The van der Waals surface area contributed by atoms with Gasteiger partial charge >= 0.3 is 5.97 Å². The second-order valence-corrected chi connectivity index (χ2v) is 5.78. The van der Waals surface area contributed by atoms with Gasteiger partial charge in [-0.25, -0.2) is 15.2 Å². The third-order valence-corrected chi connectivity index (χ3v) is 3.68. The van der Waals surface area contributed by atoms with E-state index in [1.165, 1.54) is 6.07 Å². The summed E-state index contributed by atoms with van der Waals surface area (Å²) >= 11 is 5.86. The number of aromatic nitrogens is 2. The first-order valence-corrected chi connectivity index (χ1v) is 8.18. The number of carbonyl (C=O) groups is 2. The molecule has 0 spiro atoms. The molecule has 0 saturated carbocycles. The Balaban J connectivity index is 1.93. The average molecular weight is 381 g/mol. The number of hydrazone groups is 1. The molecule has 1 aromatic carbocycles. The maximum absolute atomic E-state index is 12.4. The molecule has 0 fully saturated rings. The minimum Gasteiger partial charge on any atom is -0.477 e. The van der Waals surface area contributed by atoms with Crippen LogP contribution in [0.4, 0.5) is 0 Å². The quantitative estimate of drug-likeness (QED) is 0.523. The molecule has 3 rings (SSSR count). The Morgan fingerprint density at radius 1 is 0.963 bits per heavy atom. The van der Waals surface area contributed by atoms with E-state index in [-0.39, 0.29) is 16.4 Å². The number of amides is 1. The first-order chi connectivity index (χ1) is 13.0. The highest BCUT2D eigenvalue weighted by Gasteiger charge is 2.15. The van der Waals surface area contributed by atoms with Crippen LogP contribution in [0.3, 0.4) is 0 Å². The van der Waals surface area contributed by atoms with Crippen LogP contribution in [0.25, 0.3) is 0 Å². The van der Waals surface area contributed by atoms with Crippen LogP contribution in [0.5, 0.6) is 0 Å². The number of benzene rings is 1. The Labute approximate surface area is 159 Å². The second-order valence-electron chi connectivity index (χ2n) is 5.34. The van der Waals surface area contributed by atoms with Crippen molar-refractivity contribution in [3.63, 3.8) is 0 Å². The fourth-order valence-electron chi connectivity index (χ4n) is 2.26. The molecule has 134 valence electrons. The van der Waals surface area contributed by atoms with Crippen molar-refractivity contribution in [2.45, 2.75) is 0 Å². The van der Waals surface area contributed by atoms with Crippen molar-refractivity contribution < 1.29 is 14.7 Å². The minimum absolute atomic E-state index is 0.0875. The number of aromatic carboxylic acids is 1. The zero-order valence-corrected chi connectivity index (χ0v) is 14.6. The molecular formula is C19H13ClN4O3. The molecule has 0 bridgehead atoms. The zero-order chi connectivity index (χ0) is 19.2. The lowest BCUT2D eigenvalue weighted by Crippen LogP contribution is -2.22. The van der Waals surface area contributed by atoms with Crippen LogP contribution in [0.2, 0.25) is 5.02 Å². The van der Waals surface area contributed by atoms with Crippen LogP contribution >= 0.6 is 11.6 Å². The van der Waals surface area contributed by atoms with Crippen LogP contribution in [0, 0.1) is 0 Å². The summed E-state index contributed by atoms with van der Waals surface area (Å²) in [5.74, 6) is -1.97. The number of pyridine rings is 2. The number of hydrogen-bond acceptors (Lipinski definition) is 5. The SMILES string of the molecule is O=C(O)c1cc(Cl)cc(C(=O)N/N=C(/c2ccccc2)c2ccccn2)n1. The predicted molar refractivity (Wildman–Crippen MR) is 100.0 cm³/mol. The molecule has 27 heavy (non-hydrogen) atoms. The molecule has 7 nitrogen and oxygen atoms in total. The molecule has 2 aromatic heterocycles. The molecule has 0 atom stereocenters. The topological polar surface area (TPSA) is 105 Å². The molecule has 0 aliphatic heterocycles. The Kier molecular flexibility index (Phi) is 5.53. The highest BCUT2D eigenvalue weighted by atomic mass is 35.5. The second kappa shape index (κ2) is 8.20. The summed E-state index contributed by atoms with van der Waals surface area (Å²) < 4.78 is 0. The summed E-state index contributed by atoms with van der Waals surface area (Å²) in [6, 6.07) is 17.0. The van der Waals surface area contributed by atoms with Gasteiger partial charge in [-0.3, -0.25) is 9.78 Å². The number of halogens is 1. The monoisotopic (exact) mass is 380 g/mol. The molecule has 2 N–H and O–H groups in total. The van der Waals surface area contributed by atoms with E-state index >= 15 is 0 Å². The summed E-state index contributed by atoms with van der Waals surface area (Å²) in [5, 5.41) is 13.3. The summed E-state index contributed by atoms with van der Waals surface area (Å²) in [6.07, 6.45) is 1.62. The van der Waals surface area contributed by atoms with Gasteiger partial charge in [0.2, 0.25) is 0 Å². The third-order valence-electron chi connectivity index (χ3n) is 3.47. The molecule has 8 heteroatoms. The standard InChI is InChI=1S/C19H13ClN4O3/c20-13-10-15(22-16(11-13)19(26)27)18(25)24-23-17(12-6-2-1-3-7-12)14-8-4-5-9-21-14/h1-11H,(H,24,25)(H,26,27)/b23-17-. The van der Waals surface area contributed by atoms with Gasteiger partial charge in [0.25, 0.3) is 5.91 Å². The number of hydrogen-bond donors (Lipinski definition) is 2. The largest absolute Gasteiger partial charge is 0.477 e. The fraction of sp³-hybridized carbons (Fsp3) is 0. The fourth-order valence-corrected chi connectivity index (χ4v) is 2.46. The molecule has 1 amide bonds. The van der Waals surface area contributed by atoms with Crippen molar-refractivity contribution in [1.29, 1.82) is 0 Å². The third kappa shape index (κ3) is 4.53. The number of carboxylic acid groups (broad SMARTS) is 1. The predicted octanol–water partition coefficient (Wildman–Crippen LogP) is 3.01. The normalized spacial score (nSPS) is 11.1. The van der Waals surface area contributed by atoms with Crippen molar-refractivity contribution in [3.8, 4) is 0 Å². The highest BCUT2D eigenvalue weighted by Crippen LogP contribution is 2.13. The molecular weight excluding hydrogens is 368 g/mol. The molecule has 0 saturated heterocycles. The van der Waals surface area contributed by atoms with Gasteiger partial charge in [0.15, 0.2) is 5.69 Å². The van der Waals surface area contributed by atoms with Gasteiger partial charge in [0.05, 0.1) is 5.69 Å². The van der Waals surface area contributed by atoms with Crippen LogP contribution in [0.1, 0.15) is 32.2 Å². The molecule has 0 aliphatic rings. The van der Waals surface area contributed by atoms with Crippen LogP contribution in [0.15, 0.2) is 72.0 Å². The van der Waals surface area contributed by atoms with E-state index in [4.69, 9.17) is 16.7 Å². The molecule has 0 radical (unpaired) electrons. The first kappa shape index (κ1) is 18.2. The van der Waals surface area contributed by atoms with E-state index in [1.54, 1.807) is 24.4 Å². The molecule has 0 aliphatic carbocycles. The number of carbonyl (C=O) groups excluding carboxylic acids is 1. The Bertz CT molecular complexity index is 966. The summed E-state index contributed by atoms with van der Waals surface area (Å²) in [7, 11) is 0. The van der Waals surface area contributed by atoms with Gasteiger partial charge in [0, 0.05) is 16.8 Å². The average Bonchev–Trinajstić information content (AvgIpc) is 2.69. The smallest absolute Gasteiger partial charge is 0.354 e. The van der Waals surface area contributed by atoms with E-state index in [1.807, 2.05) is 30.3 Å². The Morgan fingerprint density at radius 3 is 2.33 bits per heavy atom. The maximum Gasteiger partial charge on any atom is 0.354 e. The number of nitrogens with one attached hydrogen (secondary N) is 1. The van der Waals surface area contributed by atoms with Gasteiger partial charge < -0.3 is 5.11 Å². The van der Waals surface area contributed by atoms with Crippen molar-refractivity contribution in [3.05, 3.63) is 94.5 Å². The summed E-state index contributed by atoms with van der Waals surface area (Å²) in [4.78, 5) is 31.5. The van der Waals surface area contributed by atoms with Gasteiger partial charge in [-0.1, -0.05) is 48.0 Å². The van der Waals surface area contributed by atoms with E-state index in [9.17, 15) is 9.59 Å². The van der Waals surface area contributed by atoms with Crippen molar-refractivity contribution in [2.24, 2.45) is 5.10 Å². The lowest BCUT2D eigenvalue weighted by molar-refractivity contribution is 0.0690. The van der Waals surface area contributed by atoms with Crippen LogP contribution in [-0.2, 0) is 0 Å². The number of rotatable bonds is 5. The summed E-state index contributed by atoms with van der Waals surface area (Å²) in [5.41, 5.74) is 3.66. The van der Waals surface area contributed by atoms with E-state index in [0.717, 1.165) is 11.6 Å². The Morgan fingerprint density at radius 2 is 1.67 bits per heavy atom. The van der Waals surface area contributed by atoms with E-state index in [2.05, 4.69) is 20.5 Å². The number of carboxylic acids is 1. The van der Waals surface area contributed by atoms with E-state index < -0.39 is 11.9 Å². The van der Waals surface area contributed by atoms with E-state index in [0.29, 0.717) is 11.4 Å². The lowest BCUT2D eigenvalue weighted by atomic mass is 10.1.